The lowest BCUT2D eigenvalue weighted by Gasteiger charge is -2.07. The molecular weight excluding hydrogens is 310 g/mol. The van der Waals surface area contributed by atoms with Crippen molar-refractivity contribution < 1.29 is 9.59 Å². The van der Waals surface area contributed by atoms with Crippen LogP contribution in [0.3, 0.4) is 0 Å². The normalized spacial score (nSPS) is 10.6. The SMILES string of the molecule is Cc1cc(Cl)ccc1NC(=O)C(=O)NN=Cc1cccs1. The zero-order valence-electron chi connectivity index (χ0n) is 11.1. The number of benzene rings is 1. The lowest BCUT2D eigenvalue weighted by molar-refractivity contribution is -0.136. The summed E-state index contributed by atoms with van der Waals surface area (Å²) in [5, 5.41) is 8.67. The average Bonchev–Trinajstić information content (AvgIpc) is 2.95. The van der Waals surface area contributed by atoms with Crippen LogP contribution in [-0.2, 0) is 9.59 Å². The third-order valence-corrected chi connectivity index (χ3v) is 3.59. The Hall–Kier alpha value is -2.18. The number of carbonyl (C=O) groups excluding carboxylic acids is 2. The maximum absolute atomic E-state index is 11.7. The minimum absolute atomic E-state index is 0.529. The van der Waals surface area contributed by atoms with E-state index in [4.69, 9.17) is 11.6 Å². The van der Waals surface area contributed by atoms with Crippen LogP contribution in [0, 0.1) is 6.92 Å². The summed E-state index contributed by atoms with van der Waals surface area (Å²) in [6.45, 7) is 1.79. The first kappa shape index (κ1) is 15.2. The molecule has 2 aromatic rings. The van der Waals surface area contributed by atoms with Crippen LogP contribution in [0.4, 0.5) is 5.69 Å². The van der Waals surface area contributed by atoms with Gasteiger partial charge in [0, 0.05) is 15.6 Å². The lowest BCUT2D eigenvalue weighted by atomic mass is 10.2. The third-order valence-electron chi connectivity index (χ3n) is 2.54. The lowest BCUT2D eigenvalue weighted by Crippen LogP contribution is -2.32. The van der Waals surface area contributed by atoms with E-state index in [0.717, 1.165) is 10.4 Å². The minimum atomic E-state index is -0.836. The smallest absolute Gasteiger partial charge is 0.317 e. The van der Waals surface area contributed by atoms with Crippen LogP contribution in [0.5, 0.6) is 0 Å². The van der Waals surface area contributed by atoms with Gasteiger partial charge < -0.3 is 5.32 Å². The van der Waals surface area contributed by atoms with Crippen molar-refractivity contribution in [3.05, 3.63) is 51.2 Å². The van der Waals surface area contributed by atoms with Gasteiger partial charge in [0.25, 0.3) is 0 Å². The molecule has 0 atom stereocenters. The van der Waals surface area contributed by atoms with E-state index in [-0.39, 0.29) is 0 Å². The Kier molecular flexibility index (Phi) is 5.08. The Morgan fingerprint density at radius 3 is 2.76 bits per heavy atom. The number of hydrogen-bond acceptors (Lipinski definition) is 4. The number of aryl methyl sites for hydroxylation is 1. The third kappa shape index (κ3) is 4.40. The van der Waals surface area contributed by atoms with Gasteiger partial charge in [0.05, 0.1) is 6.21 Å². The molecule has 0 fully saturated rings. The van der Waals surface area contributed by atoms with Gasteiger partial charge in [-0.2, -0.15) is 5.10 Å². The molecule has 2 rings (SSSR count). The molecule has 0 radical (unpaired) electrons. The van der Waals surface area contributed by atoms with Crippen molar-refractivity contribution in [1.29, 1.82) is 0 Å². The number of hydrazone groups is 1. The van der Waals surface area contributed by atoms with E-state index in [1.54, 1.807) is 25.1 Å². The molecular formula is C14H12ClN3O2S. The largest absolute Gasteiger partial charge is 0.329 e. The Balaban J connectivity index is 1.92. The average molecular weight is 322 g/mol. The minimum Gasteiger partial charge on any atom is -0.317 e. The first-order valence-corrected chi connectivity index (χ1v) is 7.26. The Bertz CT molecular complexity index is 684. The highest BCUT2D eigenvalue weighted by Crippen LogP contribution is 2.19. The monoisotopic (exact) mass is 321 g/mol. The van der Waals surface area contributed by atoms with Gasteiger partial charge >= 0.3 is 11.8 Å². The molecule has 108 valence electrons. The first-order chi connectivity index (χ1) is 10.1. The summed E-state index contributed by atoms with van der Waals surface area (Å²) in [7, 11) is 0. The van der Waals surface area contributed by atoms with Crippen molar-refractivity contribution in [3.8, 4) is 0 Å². The van der Waals surface area contributed by atoms with Gasteiger partial charge in [-0.15, -0.1) is 11.3 Å². The molecule has 7 heteroatoms. The van der Waals surface area contributed by atoms with Gasteiger partial charge in [0.2, 0.25) is 0 Å². The fourth-order valence-corrected chi connectivity index (χ4v) is 2.33. The van der Waals surface area contributed by atoms with E-state index >= 15 is 0 Å². The summed E-state index contributed by atoms with van der Waals surface area (Å²) in [4.78, 5) is 24.2. The topological polar surface area (TPSA) is 70.6 Å². The first-order valence-electron chi connectivity index (χ1n) is 6.00. The van der Waals surface area contributed by atoms with Gasteiger partial charge in [-0.05, 0) is 42.1 Å². The quantitative estimate of drug-likeness (QED) is 0.518. The number of rotatable bonds is 3. The summed E-state index contributed by atoms with van der Waals surface area (Å²) >= 11 is 7.30. The molecule has 0 saturated carbocycles. The number of hydrogen-bond donors (Lipinski definition) is 2. The van der Waals surface area contributed by atoms with E-state index in [9.17, 15) is 9.59 Å². The molecule has 1 heterocycles. The van der Waals surface area contributed by atoms with Gasteiger partial charge in [-0.1, -0.05) is 17.7 Å². The van der Waals surface area contributed by atoms with Crippen LogP contribution < -0.4 is 10.7 Å². The predicted octanol–water partition coefficient (Wildman–Crippen LogP) is 2.80. The van der Waals surface area contributed by atoms with Crippen molar-refractivity contribution in [2.75, 3.05) is 5.32 Å². The van der Waals surface area contributed by atoms with Gasteiger partial charge in [0.15, 0.2) is 0 Å². The van der Waals surface area contributed by atoms with Crippen LogP contribution in [0.2, 0.25) is 5.02 Å². The summed E-state index contributed by atoms with van der Waals surface area (Å²) in [6, 6.07) is 8.68. The van der Waals surface area contributed by atoms with E-state index < -0.39 is 11.8 Å². The highest BCUT2D eigenvalue weighted by Gasteiger charge is 2.13. The molecule has 0 aliphatic rings. The maximum atomic E-state index is 11.7. The Labute approximate surface area is 130 Å². The molecule has 0 aliphatic heterocycles. The molecule has 21 heavy (non-hydrogen) atoms. The van der Waals surface area contributed by atoms with E-state index in [1.807, 2.05) is 17.5 Å². The van der Waals surface area contributed by atoms with Crippen molar-refractivity contribution in [2.45, 2.75) is 6.92 Å². The van der Waals surface area contributed by atoms with E-state index in [1.165, 1.54) is 17.6 Å². The Morgan fingerprint density at radius 1 is 1.29 bits per heavy atom. The molecule has 2 N–H and O–H groups in total. The Morgan fingerprint density at radius 2 is 2.10 bits per heavy atom. The van der Waals surface area contributed by atoms with Crippen molar-refractivity contribution in [2.24, 2.45) is 5.10 Å². The van der Waals surface area contributed by atoms with Crippen LogP contribution in [0.15, 0.2) is 40.8 Å². The second kappa shape index (κ2) is 7.01. The molecule has 0 aliphatic carbocycles. The van der Waals surface area contributed by atoms with Crippen LogP contribution in [-0.4, -0.2) is 18.0 Å². The van der Waals surface area contributed by atoms with Crippen molar-refractivity contribution in [3.63, 3.8) is 0 Å². The molecule has 0 unspecified atom stereocenters. The fourth-order valence-electron chi connectivity index (χ4n) is 1.52. The number of nitrogens with one attached hydrogen (secondary N) is 2. The maximum Gasteiger partial charge on any atom is 0.329 e. The molecule has 0 spiro atoms. The summed E-state index contributed by atoms with van der Waals surface area (Å²) in [5.74, 6) is -1.62. The number of anilines is 1. The highest BCUT2D eigenvalue weighted by molar-refractivity contribution is 7.11. The van der Waals surface area contributed by atoms with Crippen LogP contribution >= 0.6 is 22.9 Å². The predicted molar refractivity (Wildman–Crippen MR) is 84.9 cm³/mol. The van der Waals surface area contributed by atoms with Crippen molar-refractivity contribution >= 4 is 46.7 Å². The molecule has 2 amide bonds. The number of halogens is 1. The van der Waals surface area contributed by atoms with E-state index in [2.05, 4.69) is 15.8 Å². The van der Waals surface area contributed by atoms with E-state index in [0.29, 0.717) is 10.7 Å². The number of nitrogens with zero attached hydrogens (tertiary/aromatic N) is 1. The zero-order chi connectivity index (χ0) is 15.2. The van der Waals surface area contributed by atoms with Gasteiger partial charge in [-0.3, -0.25) is 9.59 Å². The molecule has 1 aromatic carbocycles. The summed E-state index contributed by atoms with van der Waals surface area (Å²) < 4.78 is 0. The zero-order valence-corrected chi connectivity index (χ0v) is 12.7. The summed E-state index contributed by atoms with van der Waals surface area (Å²) in [6.07, 6.45) is 1.48. The second-order valence-electron chi connectivity index (χ2n) is 4.13. The number of thiophene rings is 1. The van der Waals surface area contributed by atoms with Crippen LogP contribution in [0.1, 0.15) is 10.4 Å². The standard InChI is InChI=1S/C14H12ClN3O2S/c1-9-7-10(15)4-5-12(9)17-13(19)14(20)18-16-8-11-3-2-6-21-11/h2-8H,1H3,(H,17,19)(H,18,20). The fraction of sp³-hybridized carbons (Fsp3) is 0.0714. The number of carbonyl (C=O) groups is 2. The van der Waals surface area contributed by atoms with Gasteiger partial charge in [0.1, 0.15) is 0 Å². The molecule has 1 aromatic heterocycles. The highest BCUT2D eigenvalue weighted by atomic mass is 35.5. The molecule has 5 nitrogen and oxygen atoms in total. The number of amides is 2. The summed E-state index contributed by atoms with van der Waals surface area (Å²) in [5.41, 5.74) is 3.47. The van der Waals surface area contributed by atoms with Gasteiger partial charge in [-0.25, -0.2) is 5.43 Å². The van der Waals surface area contributed by atoms with Crippen molar-refractivity contribution in [1.82, 2.24) is 5.43 Å². The molecule has 0 saturated heterocycles. The second-order valence-corrected chi connectivity index (χ2v) is 5.54. The molecule has 0 bridgehead atoms. The van der Waals surface area contributed by atoms with Crippen LogP contribution in [0.25, 0.3) is 0 Å².